The first-order valence-electron chi connectivity index (χ1n) is 24.7. The first kappa shape index (κ1) is 45.7. The first-order chi connectivity index (χ1) is 36.9. The minimum absolute atomic E-state index is 0.816. The molecule has 0 spiro atoms. The number of hydrogen-bond acceptors (Lipinski definition) is 5. The molecule has 2 N–H and O–H groups in total. The molecule has 0 unspecified atom stereocenters. The van der Waals surface area contributed by atoms with E-state index >= 15 is 0 Å². The molecule has 8 bridgehead atoms. The molecule has 4 aromatic carbocycles. The third-order valence-electron chi connectivity index (χ3n) is 13.3. The van der Waals surface area contributed by atoms with E-state index in [0.717, 1.165) is 123 Å². The molecule has 6 aromatic heterocycles. The minimum Gasteiger partial charge on any atom is -0.354 e. The highest BCUT2D eigenvalue weighted by Crippen LogP contribution is 2.40. The van der Waals surface area contributed by atoms with Crippen LogP contribution in [0.25, 0.3) is 90.9 Å². The zero-order chi connectivity index (χ0) is 50.7. The Bertz CT molecular complexity index is 4160. The van der Waals surface area contributed by atoms with Crippen LogP contribution in [0, 0.1) is 56.3 Å². The molecule has 2 aliphatic rings. The third-order valence-corrected chi connectivity index (χ3v) is 13.3. The standard InChI is InChI=1S/C68H45N7/c1-44-42-45(2)64(46(3)43-44)68-62-28-26-60(74-62)66(54-18-12-48(13-19-54)5-8-51-32-38-70-39-33-51)58-24-22-56(72-58)65(53-16-10-47(11-17-53)4-7-50-30-36-69-37-31-50)57-23-25-59(73-57)67(61-27-29-63(68)75-61)55-20-14-49(15-21-55)6-9-52-34-40-71-41-35-52/h10-43,72,75H,1-3H3. The van der Waals surface area contributed by atoms with Crippen LogP contribution < -0.4 is 0 Å². The molecule has 0 saturated heterocycles. The number of aromatic nitrogens is 7. The summed E-state index contributed by atoms with van der Waals surface area (Å²) in [5.74, 6) is 19.8. The fourth-order valence-corrected chi connectivity index (χ4v) is 9.85. The molecule has 352 valence electrons. The second kappa shape index (κ2) is 20.0. The molecule has 0 aliphatic carbocycles. The number of aryl methyl sites for hydroxylation is 3. The Morgan fingerprint density at radius 1 is 0.293 bits per heavy atom. The molecule has 0 saturated carbocycles. The number of aromatic amines is 2. The van der Waals surface area contributed by atoms with Gasteiger partial charge in [0.15, 0.2) is 0 Å². The summed E-state index contributed by atoms with van der Waals surface area (Å²) < 4.78 is 0. The van der Waals surface area contributed by atoms with Gasteiger partial charge in [-0.25, -0.2) is 9.97 Å². The van der Waals surface area contributed by atoms with Crippen molar-refractivity contribution in [2.75, 3.05) is 0 Å². The van der Waals surface area contributed by atoms with Crippen molar-refractivity contribution >= 4 is 46.4 Å². The SMILES string of the molecule is Cc1cc(C)c(-c2c3nc(c(-c4ccc(C#Cc5ccncc5)cc4)c4ccc([nH]4)c(-c4ccc(C#Cc5ccncc5)cc4)c4nc(c(-c5ccc(C#Cc6ccncc6)cc5)c5ccc2[nH]5)C=C4)C=C3)c(C)c1. The Balaban J connectivity index is 1.12. The van der Waals surface area contributed by atoms with E-state index in [4.69, 9.17) is 9.97 Å². The summed E-state index contributed by atoms with van der Waals surface area (Å²) in [4.78, 5) is 31.4. The van der Waals surface area contributed by atoms with Gasteiger partial charge in [-0.05, 0) is 176 Å². The van der Waals surface area contributed by atoms with E-state index in [1.165, 1.54) is 16.7 Å². The van der Waals surface area contributed by atoms with Crippen molar-refractivity contribution in [1.29, 1.82) is 0 Å². The van der Waals surface area contributed by atoms with Crippen LogP contribution >= 0.6 is 0 Å². The highest BCUT2D eigenvalue weighted by molar-refractivity contribution is 6.00. The Morgan fingerprint density at radius 3 is 0.867 bits per heavy atom. The zero-order valence-electron chi connectivity index (χ0n) is 41.4. The number of rotatable bonds is 4. The summed E-state index contributed by atoms with van der Waals surface area (Å²) in [5, 5.41) is 0. The lowest BCUT2D eigenvalue weighted by atomic mass is 9.92. The largest absolute Gasteiger partial charge is 0.354 e. The van der Waals surface area contributed by atoms with Gasteiger partial charge in [-0.15, -0.1) is 0 Å². The van der Waals surface area contributed by atoms with Crippen LogP contribution in [0.4, 0.5) is 0 Å². The molecule has 8 heterocycles. The second-order valence-corrected chi connectivity index (χ2v) is 18.5. The van der Waals surface area contributed by atoms with Gasteiger partial charge < -0.3 is 9.97 Å². The van der Waals surface area contributed by atoms with Gasteiger partial charge in [-0.3, -0.25) is 15.0 Å². The summed E-state index contributed by atoms with van der Waals surface area (Å²) in [6, 6.07) is 49.9. The summed E-state index contributed by atoms with van der Waals surface area (Å²) in [6.07, 6.45) is 19.1. The Kier molecular flexibility index (Phi) is 12.2. The van der Waals surface area contributed by atoms with Gasteiger partial charge in [0.05, 0.1) is 22.8 Å². The number of benzene rings is 4. The Hall–Kier alpha value is -10.4. The fraction of sp³-hybridized carbons (Fsp3) is 0.0441. The quantitative estimate of drug-likeness (QED) is 0.171. The Morgan fingerprint density at radius 2 is 0.560 bits per heavy atom. The van der Waals surface area contributed by atoms with Gasteiger partial charge in [-0.1, -0.05) is 89.6 Å². The predicted molar refractivity (Wildman–Crippen MR) is 305 cm³/mol. The maximum atomic E-state index is 5.58. The van der Waals surface area contributed by atoms with Crippen molar-refractivity contribution in [2.45, 2.75) is 20.8 Å². The van der Waals surface area contributed by atoms with Crippen LogP contribution in [-0.2, 0) is 0 Å². The number of pyridine rings is 3. The lowest BCUT2D eigenvalue weighted by Gasteiger charge is -2.13. The average Bonchev–Trinajstić information content (AvgIpc) is 4.34. The van der Waals surface area contributed by atoms with Gasteiger partial charge in [0.1, 0.15) is 0 Å². The van der Waals surface area contributed by atoms with Crippen LogP contribution in [0.15, 0.2) is 183 Å². The van der Waals surface area contributed by atoms with Gasteiger partial charge in [0.2, 0.25) is 0 Å². The van der Waals surface area contributed by atoms with Crippen molar-refractivity contribution in [1.82, 2.24) is 34.9 Å². The normalized spacial score (nSPS) is 11.2. The van der Waals surface area contributed by atoms with E-state index in [2.05, 4.69) is 215 Å². The summed E-state index contributed by atoms with van der Waals surface area (Å²) >= 11 is 0. The van der Waals surface area contributed by atoms with E-state index in [1.807, 2.05) is 36.4 Å². The van der Waals surface area contributed by atoms with Crippen LogP contribution in [-0.4, -0.2) is 34.9 Å². The van der Waals surface area contributed by atoms with Crippen LogP contribution in [0.3, 0.4) is 0 Å². The first-order valence-corrected chi connectivity index (χ1v) is 24.7. The second-order valence-electron chi connectivity index (χ2n) is 18.5. The van der Waals surface area contributed by atoms with Crippen LogP contribution in [0.2, 0.25) is 0 Å². The maximum Gasteiger partial charge on any atom is 0.0737 e. The highest BCUT2D eigenvalue weighted by atomic mass is 14.8. The number of H-pyrrole nitrogens is 2. The van der Waals surface area contributed by atoms with Crippen molar-refractivity contribution in [3.63, 3.8) is 0 Å². The molecule has 12 rings (SSSR count). The predicted octanol–water partition coefficient (Wildman–Crippen LogP) is 14.6. The van der Waals surface area contributed by atoms with Crippen molar-refractivity contribution < 1.29 is 0 Å². The number of nitrogens with zero attached hydrogens (tertiary/aromatic N) is 5. The average molecular weight is 960 g/mol. The maximum absolute atomic E-state index is 5.58. The van der Waals surface area contributed by atoms with Crippen LogP contribution in [0.1, 0.15) is 72.8 Å². The third kappa shape index (κ3) is 9.60. The van der Waals surface area contributed by atoms with Gasteiger partial charge >= 0.3 is 0 Å². The molecular weight excluding hydrogens is 915 g/mol. The number of hydrogen-bond donors (Lipinski definition) is 2. The van der Waals surface area contributed by atoms with Crippen LogP contribution in [0.5, 0.6) is 0 Å². The van der Waals surface area contributed by atoms with Crippen molar-refractivity contribution in [3.8, 4) is 80.0 Å². The lowest BCUT2D eigenvalue weighted by molar-refractivity contribution is 1.28. The number of fused-ring (bicyclic) bond motifs is 8. The molecule has 0 amide bonds. The smallest absolute Gasteiger partial charge is 0.0737 e. The minimum atomic E-state index is 0.816. The van der Waals surface area contributed by atoms with E-state index in [1.54, 1.807) is 37.2 Å². The molecule has 0 atom stereocenters. The highest BCUT2D eigenvalue weighted by Gasteiger charge is 2.21. The molecule has 2 aliphatic heterocycles. The van der Waals surface area contributed by atoms with E-state index in [-0.39, 0.29) is 0 Å². The van der Waals surface area contributed by atoms with E-state index in [0.29, 0.717) is 0 Å². The molecule has 10 aromatic rings. The molecule has 7 heteroatoms. The molecule has 0 fully saturated rings. The summed E-state index contributed by atoms with van der Waals surface area (Å²) in [5.41, 5.74) is 24.0. The zero-order valence-corrected chi connectivity index (χ0v) is 41.4. The molecule has 0 radical (unpaired) electrons. The summed E-state index contributed by atoms with van der Waals surface area (Å²) in [7, 11) is 0. The van der Waals surface area contributed by atoms with Gasteiger partial charge in [0, 0.05) is 115 Å². The molecule has 7 nitrogen and oxygen atoms in total. The van der Waals surface area contributed by atoms with Gasteiger partial charge in [0.25, 0.3) is 0 Å². The molecular formula is C68H45N7. The monoisotopic (exact) mass is 959 g/mol. The lowest BCUT2D eigenvalue weighted by Crippen LogP contribution is -1.94. The van der Waals surface area contributed by atoms with Crippen molar-refractivity contribution in [3.05, 3.63) is 256 Å². The van der Waals surface area contributed by atoms with Crippen molar-refractivity contribution in [2.24, 2.45) is 0 Å². The van der Waals surface area contributed by atoms with E-state index in [9.17, 15) is 0 Å². The summed E-state index contributed by atoms with van der Waals surface area (Å²) in [6.45, 7) is 6.53. The number of nitrogens with one attached hydrogen (secondary N) is 2. The topological polar surface area (TPSA) is 96.0 Å². The molecule has 75 heavy (non-hydrogen) atoms. The Labute approximate surface area is 435 Å². The fourth-order valence-electron chi connectivity index (χ4n) is 9.85. The van der Waals surface area contributed by atoms with E-state index < -0.39 is 0 Å². The van der Waals surface area contributed by atoms with Gasteiger partial charge in [-0.2, -0.15) is 0 Å².